The summed E-state index contributed by atoms with van der Waals surface area (Å²) in [6, 6.07) is 10.8. The predicted molar refractivity (Wildman–Crippen MR) is 135 cm³/mol. The van der Waals surface area contributed by atoms with E-state index < -0.39 is 35.5 Å². The fourth-order valence-electron chi connectivity index (χ4n) is 5.21. The lowest BCUT2D eigenvalue weighted by Crippen LogP contribution is -2.44. The van der Waals surface area contributed by atoms with E-state index in [4.69, 9.17) is 10.5 Å². The molecule has 4 rings (SSSR count). The number of alkyl halides is 2. The topological polar surface area (TPSA) is 75.9 Å². The van der Waals surface area contributed by atoms with Gasteiger partial charge in [-0.3, -0.25) is 9.59 Å². The van der Waals surface area contributed by atoms with Gasteiger partial charge in [-0.15, -0.1) is 0 Å². The van der Waals surface area contributed by atoms with Crippen molar-refractivity contribution in [2.24, 2.45) is 11.7 Å². The Morgan fingerprint density at radius 1 is 1.11 bits per heavy atom. The van der Waals surface area contributed by atoms with Crippen molar-refractivity contribution < 1.29 is 27.5 Å². The average Bonchev–Trinajstić information content (AvgIpc) is 3.25. The monoisotopic (exact) mass is 517 g/mol. The van der Waals surface area contributed by atoms with Crippen LogP contribution in [-0.4, -0.2) is 72.3 Å². The van der Waals surface area contributed by atoms with Gasteiger partial charge in [-0.2, -0.15) is 0 Å². The summed E-state index contributed by atoms with van der Waals surface area (Å²) in [6.45, 7) is 4.86. The second kappa shape index (κ2) is 11.1. The molecule has 200 valence electrons. The van der Waals surface area contributed by atoms with E-state index in [1.807, 2.05) is 0 Å². The van der Waals surface area contributed by atoms with Gasteiger partial charge in [0, 0.05) is 13.0 Å². The Hall–Kier alpha value is -3.07. The second-order valence-electron chi connectivity index (χ2n) is 10.6. The SMILES string of the molecule is CC(C)(F)CN1CCC(COc2ccc(-c3ccccc3)c(C(=O)N3C[C@@H](F)C[C@H]3C(N)=O)c2F)CC1. The first kappa shape index (κ1) is 27.0. The molecule has 0 aliphatic carbocycles. The van der Waals surface area contributed by atoms with Gasteiger partial charge in [0.25, 0.3) is 5.91 Å². The maximum Gasteiger partial charge on any atom is 0.258 e. The fourth-order valence-corrected chi connectivity index (χ4v) is 5.21. The van der Waals surface area contributed by atoms with Crippen molar-refractivity contribution in [1.82, 2.24) is 9.80 Å². The molecule has 2 fully saturated rings. The van der Waals surface area contributed by atoms with Gasteiger partial charge in [-0.05, 0) is 69.0 Å². The standard InChI is InChI=1S/C28H34F3N3O3/c1-28(2,31)17-33-12-10-18(11-13-33)16-37-23-9-8-21(19-6-4-3-5-7-19)24(25(23)30)27(36)34-15-20(29)14-22(34)26(32)35/h3-9,18,20,22H,10-17H2,1-2H3,(H2,32,35)/t20-,22-/m0/s1. The number of carbonyl (C=O) groups excluding carboxylic acids is 2. The molecule has 2 heterocycles. The summed E-state index contributed by atoms with van der Waals surface area (Å²) in [5.41, 5.74) is 4.80. The Kier molecular flexibility index (Phi) is 8.11. The van der Waals surface area contributed by atoms with Crippen molar-refractivity contribution in [2.45, 2.75) is 51.0 Å². The molecule has 2 aliphatic heterocycles. The second-order valence-corrected chi connectivity index (χ2v) is 10.6. The van der Waals surface area contributed by atoms with Crippen LogP contribution < -0.4 is 10.5 Å². The number of ether oxygens (including phenoxy) is 1. The van der Waals surface area contributed by atoms with E-state index >= 15 is 4.39 Å². The molecule has 2 aromatic rings. The molecular weight excluding hydrogens is 483 g/mol. The van der Waals surface area contributed by atoms with Gasteiger partial charge in [0.1, 0.15) is 17.9 Å². The Morgan fingerprint density at radius 3 is 2.41 bits per heavy atom. The van der Waals surface area contributed by atoms with Crippen LogP contribution in [0.15, 0.2) is 42.5 Å². The highest BCUT2D eigenvalue weighted by Crippen LogP contribution is 2.35. The minimum Gasteiger partial charge on any atom is -0.490 e. The first-order chi connectivity index (χ1) is 17.5. The van der Waals surface area contributed by atoms with Crippen molar-refractivity contribution in [3.63, 3.8) is 0 Å². The average molecular weight is 518 g/mol. The van der Waals surface area contributed by atoms with Crippen molar-refractivity contribution in [2.75, 3.05) is 32.8 Å². The van der Waals surface area contributed by atoms with Gasteiger partial charge >= 0.3 is 0 Å². The smallest absolute Gasteiger partial charge is 0.258 e. The number of hydrogen-bond acceptors (Lipinski definition) is 4. The highest BCUT2D eigenvalue weighted by Gasteiger charge is 2.41. The van der Waals surface area contributed by atoms with Gasteiger partial charge in [0.05, 0.1) is 18.7 Å². The van der Waals surface area contributed by atoms with E-state index in [9.17, 15) is 18.4 Å². The molecule has 0 unspecified atom stereocenters. The van der Waals surface area contributed by atoms with Crippen LogP contribution in [0.25, 0.3) is 11.1 Å². The van der Waals surface area contributed by atoms with E-state index in [1.54, 1.807) is 50.2 Å². The Balaban J connectivity index is 1.56. The summed E-state index contributed by atoms with van der Waals surface area (Å²) in [5, 5.41) is 0. The lowest BCUT2D eigenvalue weighted by Gasteiger charge is -2.34. The molecule has 2 aromatic carbocycles. The molecule has 9 heteroatoms. The fraction of sp³-hybridized carbons (Fsp3) is 0.500. The Labute approximate surface area is 215 Å². The molecule has 2 atom stereocenters. The highest BCUT2D eigenvalue weighted by atomic mass is 19.1. The summed E-state index contributed by atoms with van der Waals surface area (Å²) in [4.78, 5) is 28.5. The molecule has 0 bridgehead atoms. The number of likely N-dealkylation sites (tertiary alicyclic amines) is 2. The summed E-state index contributed by atoms with van der Waals surface area (Å²) < 4.78 is 49.9. The van der Waals surface area contributed by atoms with E-state index in [2.05, 4.69) is 4.90 Å². The third-order valence-corrected chi connectivity index (χ3v) is 7.03. The van der Waals surface area contributed by atoms with Gasteiger partial charge in [0.2, 0.25) is 5.91 Å². The maximum absolute atomic E-state index is 15.9. The number of benzene rings is 2. The zero-order valence-electron chi connectivity index (χ0n) is 21.3. The van der Waals surface area contributed by atoms with Crippen LogP contribution >= 0.6 is 0 Å². The summed E-state index contributed by atoms with van der Waals surface area (Å²) in [6.07, 6.45) is -0.0506. The van der Waals surface area contributed by atoms with Crippen LogP contribution in [0.5, 0.6) is 5.75 Å². The minimum atomic E-state index is -1.42. The predicted octanol–water partition coefficient (Wildman–Crippen LogP) is 4.37. The van der Waals surface area contributed by atoms with Crippen LogP contribution in [0.4, 0.5) is 13.2 Å². The molecule has 2 aliphatic rings. The number of nitrogens with zero attached hydrogens (tertiary/aromatic N) is 2. The molecule has 0 saturated carbocycles. The quantitative estimate of drug-likeness (QED) is 0.564. The van der Waals surface area contributed by atoms with E-state index in [-0.39, 0.29) is 36.8 Å². The van der Waals surface area contributed by atoms with Crippen LogP contribution in [0.3, 0.4) is 0 Å². The summed E-state index contributed by atoms with van der Waals surface area (Å²) in [5.74, 6) is -2.40. The summed E-state index contributed by atoms with van der Waals surface area (Å²) >= 11 is 0. The molecular formula is C28H34F3N3O3. The van der Waals surface area contributed by atoms with Gasteiger partial charge in [-0.25, -0.2) is 13.2 Å². The third kappa shape index (κ3) is 6.44. The lowest BCUT2D eigenvalue weighted by molar-refractivity contribution is -0.121. The van der Waals surface area contributed by atoms with Gasteiger partial charge in [0.15, 0.2) is 11.6 Å². The number of nitrogens with two attached hydrogens (primary N) is 1. The normalized spacial score (nSPS) is 21.3. The zero-order valence-corrected chi connectivity index (χ0v) is 21.3. The first-order valence-electron chi connectivity index (χ1n) is 12.7. The Morgan fingerprint density at radius 2 is 1.78 bits per heavy atom. The molecule has 0 spiro atoms. The molecule has 2 saturated heterocycles. The molecule has 0 radical (unpaired) electrons. The van der Waals surface area contributed by atoms with Crippen LogP contribution in [-0.2, 0) is 4.79 Å². The lowest BCUT2D eigenvalue weighted by atomic mass is 9.96. The maximum atomic E-state index is 15.9. The zero-order chi connectivity index (χ0) is 26.7. The van der Waals surface area contributed by atoms with Crippen LogP contribution in [0.1, 0.15) is 43.5 Å². The van der Waals surface area contributed by atoms with E-state index in [0.717, 1.165) is 30.8 Å². The van der Waals surface area contributed by atoms with Gasteiger partial charge in [-0.1, -0.05) is 30.3 Å². The highest BCUT2D eigenvalue weighted by molar-refractivity contribution is 6.03. The molecule has 6 nitrogen and oxygen atoms in total. The number of halogens is 3. The molecule has 37 heavy (non-hydrogen) atoms. The minimum absolute atomic E-state index is 0.0815. The largest absolute Gasteiger partial charge is 0.490 e. The van der Waals surface area contributed by atoms with Crippen molar-refractivity contribution in [3.05, 3.63) is 53.8 Å². The van der Waals surface area contributed by atoms with Crippen molar-refractivity contribution >= 4 is 11.8 Å². The number of hydrogen-bond donors (Lipinski definition) is 1. The number of carbonyl (C=O) groups is 2. The van der Waals surface area contributed by atoms with E-state index in [0.29, 0.717) is 17.7 Å². The third-order valence-electron chi connectivity index (χ3n) is 7.03. The number of piperidine rings is 1. The van der Waals surface area contributed by atoms with E-state index in [1.165, 1.54) is 6.07 Å². The number of primary amides is 1. The van der Waals surface area contributed by atoms with Crippen molar-refractivity contribution in [3.8, 4) is 16.9 Å². The summed E-state index contributed by atoms with van der Waals surface area (Å²) in [7, 11) is 0. The number of rotatable bonds is 8. The molecule has 2 N–H and O–H groups in total. The molecule has 2 amide bonds. The Bertz CT molecular complexity index is 1110. The first-order valence-corrected chi connectivity index (χ1v) is 12.7. The molecule has 0 aromatic heterocycles. The number of amides is 2. The van der Waals surface area contributed by atoms with Crippen molar-refractivity contribution in [1.29, 1.82) is 0 Å². The van der Waals surface area contributed by atoms with Crippen LogP contribution in [0.2, 0.25) is 0 Å². The van der Waals surface area contributed by atoms with Gasteiger partial charge < -0.3 is 20.3 Å². The van der Waals surface area contributed by atoms with Crippen LogP contribution in [0, 0.1) is 11.7 Å².